The molecule has 2 aliphatic carbocycles. The zero-order valence-corrected chi connectivity index (χ0v) is 14.5. The van der Waals surface area contributed by atoms with Gasteiger partial charge in [0.05, 0.1) is 0 Å². The first-order chi connectivity index (χ1) is 10.8. The summed E-state index contributed by atoms with van der Waals surface area (Å²) in [5, 5.41) is 3.88. The van der Waals surface area contributed by atoms with Crippen LogP contribution in [0, 0.1) is 6.92 Å². The van der Waals surface area contributed by atoms with Gasteiger partial charge >= 0.3 is 0 Å². The van der Waals surface area contributed by atoms with E-state index in [4.69, 9.17) is 0 Å². The Morgan fingerprint density at radius 1 is 0.818 bits per heavy atom. The molecular weight excluding hydrogens is 284 g/mol. The molecule has 2 aromatic carbocycles. The standard InChI is InChI=1S/C21H26S/c1-15-17-11-5-7-13-19(17)21(20-14-8-6-12-18(15)20)22-16-9-3-2-4-10-16/h5,7,11,13,16H,2-4,6,8-10,12,14H2,1H3. The van der Waals surface area contributed by atoms with Crippen LogP contribution in [-0.4, -0.2) is 5.25 Å². The molecule has 1 fully saturated rings. The Bertz CT molecular complexity index is 680. The Kier molecular flexibility index (Phi) is 4.17. The molecule has 4 rings (SSSR count). The fraction of sp³-hybridized carbons (Fsp3) is 0.524. The van der Waals surface area contributed by atoms with E-state index in [0.717, 1.165) is 5.25 Å². The predicted octanol–water partition coefficient (Wildman–Crippen LogP) is 6.45. The van der Waals surface area contributed by atoms with E-state index in [1.165, 1.54) is 68.6 Å². The fourth-order valence-corrected chi connectivity index (χ4v) is 5.96. The lowest BCUT2D eigenvalue weighted by Gasteiger charge is -2.27. The lowest BCUT2D eigenvalue weighted by Crippen LogP contribution is -2.11. The minimum atomic E-state index is 0.853. The number of aryl methyl sites for hydroxylation is 1. The highest BCUT2D eigenvalue weighted by atomic mass is 32.2. The van der Waals surface area contributed by atoms with Crippen molar-refractivity contribution in [3.05, 3.63) is 41.0 Å². The third-order valence-electron chi connectivity index (χ3n) is 5.61. The molecule has 1 saturated carbocycles. The number of hydrogen-bond donors (Lipinski definition) is 0. The van der Waals surface area contributed by atoms with Crippen molar-refractivity contribution in [2.45, 2.75) is 74.9 Å². The summed E-state index contributed by atoms with van der Waals surface area (Å²) in [5.41, 5.74) is 4.94. The Hall–Kier alpha value is -0.950. The molecule has 2 aliphatic rings. The van der Waals surface area contributed by atoms with E-state index < -0.39 is 0 Å². The monoisotopic (exact) mass is 310 g/mol. The summed E-state index contributed by atoms with van der Waals surface area (Å²) in [4.78, 5) is 1.64. The Labute approximate surface area is 138 Å². The van der Waals surface area contributed by atoms with Crippen molar-refractivity contribution in [3.63, 3.8) is 0 Å². The van der Waals surface area contributed by atoms with E-state index in [2.05, 4.69) is 43.0 Å². The molecule has 22 heavy (non-hydrogen) atoms. The molecule has 0 saturated heterocycles. The van der Waals surface area contributed by atoms with Gasteiger partial charge in [-0.15, -0.1) is 11.8 Å². The van der Waals surface area contributed by atoms with Crippen molar-refractivity contribution >= 4 is 22.5 Å². The average Bonchev–Trinajstić information content (AvgIpc) is 2.59. The Morgan fingerprint density at radius 2 is 1.50 bits per heavy atom. The minimum absolute atomic E-state index is 0.853. The number of benzene rings is 2. The molecule has 0 radical (unpaired) electrons. The zero-order chi connectivity index (χ0) is 14.9. The first kappa shape index (κ1) is 14.6. The van der Waals surface area contributed by atoms with Crippen molar-refractivity contribution in [2.75, 3.05) is 0 Å². The topological polar surface area (TPSA) is 0 Å². The van der Waals surface area contributed by atoms with E-state index in [-0.39, 0.29) is 0 Å². The molecule has 0 atom stereocenters. The third kappa shape index (κ3) is 2.58. The number of rotatable bonds is 2. The number of thioether (sulfide) groups is 1. The van der Waals surface area contributed by atoms with Crippen LogP contribution in [0.3, 0.4) is 0 Å². The van der Waals surface area contributed by atoms with Crippen LogP contribution in [0.4, 0.5) is 0 Å². The fourth-order valence-electron chi connectivity index (χ4n) is 4.39. The van der Waals surface area contributed by atoms with E-state index >= 15 is 0 Å². The lowest BCUT2D eigenvalue weighted by molar-refractivity contribution is 0.516. The molecule has 0 spiro atoms. The van der Waals surface area contributed by atoms with Gasteiger partial charge in [-0.25, -0.2) is 0 Å². The maximum atomic E-state index is 2.36. The number of hydrogen-bond acceptors (Lipinski definition) is 1. The summed E-state index contributed by atoms with van der Waals surface area (Å²) in [6.07, 6.45) is 12.5. The van der Waals surface area contributed by atoms with Gasteiger partial charge in [-0.1, -0.05) is 43.5 Å². The summed E-state index contributed by atoms with van der Waals surface area (Å²) in [6.45, 7) is 2.35. The van der Waals surface area contributed by atoms with Gasteiger partial charge in [0.2, 0.25) is 0 Å². The Balaban J connectivity index is 1.85. The molecule has 0 amide bonds. The second kappa shape index (κ2) is 6.28. The molecule has 0 bridgehead atoms. The summed E-state index contributed by atoms with van der Waals surface area (Å²) in [7, 11) is 0. The minimum Gasteiger partial charge on any atom is -0.122 e. The van der Waals surface area contributed by atoms with Gasteiger partial charge in [-0.2, -0.15) is 0 Å². The van der Waals surface area contributed by atoms with Crippen LogP contribution in [0.25, 0.3) is 10.8 Å². The van der Waals surface area contributed by atoms with Crippen LogP contribution in [0.5, 0.6) is 0 Å². The van der Waals surface area contributed by atoms with Gasteiger partial charge in [0.1, 0.15) is 0 Å². The maximum absolute atomic E-state index is 2.36. The van der Waals surface area contributed by atoms with Crippen LogP contribution < -0.4 is 0 Å². The normalized spacial score (nSPS) is 19.3. The first-order valence-electron chi connectivity index (χ1n) is 9.04. The first-order valence-corrected chi connectivity index (χ1v) is 9.92. The highest BCUT2D eigenvalue weighted by molar-refractivity contribution is 8.00. The van der Waals surface area contributed by atoms with Crippen LogP contribution in [-0.2, 0) is 12.8 Å². The van der Waals surface area contributed by atoms with Gasteiger partial charge in [-0.05, 0) is 72.9 Å². The lowest BCUT2D eigenvalue weighted by atomic mass is 9.85. The molecule has 0 nitrogen and oxygen atoms in total. The van der Waals surface area contributed by atoms with Crippen molar-refractivity contribution < 1.29 is 0 Å². The summed E-state index contributed by atoms with van der Waals surface area (Å²) in [6, 6.07) is 9.13. The predicted molar refractivity (Wildman–Crippen MR) is 98.1 cm³/mol. The van der Waals surface area contributed by atoms with Gasteiger partial charge in [0.25, 0.3) is 0 Å². The van der Waals surface area contributed by atoms with Gasteiger partial charge in [0, 0.05) is 10.1 Å². The zero-order valence-electron chi connectivity index (χ0n) is 13.7. The highest BCUT2D eigenvalue weighted by Gasteiger charge is 2.23. The second-order valence-electron chi connectivity index (χ2n) is 7.04. The van der Waals surface area contributed by atoms with Crippen molar-refractivity contribution in [2.24, 2.45) is 0 Å². The molecular formula is C21H26S. The van der Waals surface area contributed by atoms with Crippen LogP contribution in [0.15, 0.2) is 29.2 Å². The van der Waals surface area contributed by atoms with Gasteiger partial charge in [-0.3, -0.25) is 0 Å². The van der Waals surface area contributed by atoms with E-state index in [0.29, 0.717) is 0 Å². The van der Waals surface area contributed by atoms with Crippen LogP contribution in [0.1, 0.15) is 61.6 Å². The van der Waals surface area contributed by atoms with Crippen LogP contribution >= 0.6 is 11.8 Å². The van der Waals surface area contributed by atoms with Gasteiger partial charge in [0.15, 0.2) is 0 Å². The molecule has 2 aromatic rings. The molecule has 0 unspecified atom stereocenters. The largest absolute Gasteiger partial charge is 0.122 e. The van der Waals surface area contributed by atoms with E-state index in [1.807, 2.05) is 0 Å². The SMILES string of the molecule is Cc1c2c(c(SC3CCCCC3)c3ccccc13)CCCC2. The van der Waals surface area contributed by atoms with Crippen LogP contribution in [0.2, 0.25) is 0 Å². The van der Waals surface area contributed by atoms with E-state index in [1.54, 1.807) is 21.6 Å². The average molecular weight is 311 g/mol. The molecule has 1 heteroatoms. The van der Waals surface area contributed by atoms with Gasteiger partial charge < -0.3 is 0 Å². The molecule has 0 aliphatic heterocycles. The molecule has 0 heterocycles. The quantitative estimate of drug-likeness (QED) is 0.614. The third-order valence-corrected chi connectivity index (χ3v) is 7.11. The summed E-state index contributed by atoms with van der Waals surface area (Å²) >= 11 is 2.22. The van der Waals surface area contributed by atoms with Crippen molar-refractivity contribution in [3.8, 4) is 0 Å². The smallest absolute Gasteiger partial charge is 0.0188 e. The summed E-state index contributed by atoms with van der Waals surface area (Å²) < 4.78 is 0. The van der Waals surface area contributed by atoms with Crippen molar-refractivity contribution in [1.29, 1.82) is 0 Å². The summed E-state index contributed by atoms with van der Waals surface area (Å²) in [5.74, 6) is 0. The Morgan fingerprint density at radius 3 is 2.27 bits per heavy atom. The molecule has 116 valence electrons. The van der Waals surface area contributed by atoms with E-state index in [9.17, 15) is 0 Å². The molecule has 0 N–H and O–H groups in total. The second-order valence-corrected chi connectivity index (χ2v) is 8.35. The highest BCUT2D eigenvalue weighted by Crippen LogP contribution is 2.43. The van der Waals surface area contributed by atoms with Crippen molar-refractivity contribution in [1.82, 2.24) is 0 Å². The molecule has 0 aromatic heterocycles. The number of fused-ring (bicyclic) bond motifs is 2. The maximum Gasteiger partial charge on any atom is 0.0188 e.